The summed E-state index contributed by atoms with van der Waals surface area (Å²) in [6.07, 6.45) is 0.495. The first-order valence-electron chi connectivity index (χ1n) is 10.5. The molecule has 0 radical (unpaired) electrons. The van der Waals surface area contributed by atoms with Gasteiger partial charge >= 0.3 is 6.18 Å². The van der Waals surface area contributed by atoms with E-state index in [-0.39, 0.29) is 34.3 Å². The number of hydrogen-bond acceptors (Lipinski definition) is 6. The van der Waals surface area contributed by atoms with Gasteiger partial charge in [0.15, 0.2) is 0 Å². The minimum Gasteiger partial charge on any atom is -0.337 e. The summed E-state index contributed by atoms with van der Waals surface area (Å²) in [4.78, 5) is 20.0. The van der Waals surface area contributed by atoms with E-state index in [0.29, 0.717) is 11.8 Å². The molecule has 2 aromatic heterocycles. The van der Waals surface area contributed by atoms with Crippen molar-refractivity contribution in [2.45, 2.75) is 6.18 Å². The standard InChI is InChI=1S/C24H18F5N7O/c1-3-21(37)32-16-4-5-19(26)20(9-16)34-22-18(13-6-14(24(27,28)29)8-15(25)7-13)11-30-23(35-22)33-17-10-31-36(2)12-17/h3-12H,1H2,2H3,(H,32,37)(H2,30,33,34,35). The van der Waals surface area contributed by atoms with E-state index in [1.807, 2.05) is 0 Å². The van der Waals surface area contributed by atoms with Crippen LogP contribution in [0.4, 0.5) is 50.8 Å². The van der Waals surface area contributed by atoms with Crippen molar-refractivity contribution in [1.29, 1.82) is 0 Å². The van der Waals surface area contributed by atoms with Crippen LogP contribution in [-0.2, 0) is 18.0 Å². The number of carbonyl (C=O) groups is 1. The molecule has 0 atom stereocenters. The van der Waals surface area contributed by atoms with Crippen LogP contribution in [0.1, 0.15) is 5.56 Å². The van der Waals surface area contributed by atoms with Crippen LogP contribution < -0.4 is 16.0 Å². The first-order valence-corrected chi connectivity index (χ1v) is 10.5. The summed E-state index contributed by atoms with van der Waals surface area (Å²) >= 11 is 0. The Bertz CT molecular complexity index is 1480. The molecule has 2 heterocycles. The van der Waals surface area contributed by atoms with Gasteiger partial charge in [0.05, 0.1) is 23.1 Å². The third-order valence-corrected chi connectivity index (χ3v) is 4.96. The fourth-order valence-electron chi connectivity index (χ4n) is 3.29. The zero-order valence-electron chi connectivity index (χ0n) is 19.1. The molecule has 4 rings (SSSR count). The first kappa shape index (κ1) is 25.3. The maximum atomic E-state index is 14.7. The molecule has 0 unspecified atom stereocenters. The number of anilines is 5. The molecule has 0 saturated carbocycles. The van der Waals surface area contributed by atoms with E-state index in [2.05, 4.69) is 37.6 Å². The van der Waals surface area contributed by atoms with Crippen LogP contribution in [0.5, 0.6) is 0 Å². The summed E-state index contributed by atoms with van der Waals surface area (Å²) in [6, 6.07) is 5.61. The maximum absolute atomic E-state index is 14.7. The zero-order chi connectivity index (χ0) is 26.7. The quantitative estimate of drug-likeness (QED) is 0.213. The lowest BCUT2D eigenvalue weighted by atomic mass is 10.0. The van der Waals surface area contributed by atoms with Crippen LogP contribution in [0.15, 0.2) is 67.6 Å². The van der Waals surface area contributed by atoms with Crippen LogP contribution in [0.2, 0.25) is 0 Å². The number of halogens is 5. The molecule has 0 bridgehead atoms. The molecule has 0 aliphatic heterocycles. The van der Waals surface area contributed by atoms with Gasteiger partial charge in [-0.3, -0.25) is 9.48 Å². The van der Waals surface area contributed by atoms with Crippen LogP contribution in [0.25, 0.3) is 11.1 Å². The molecule has 0 aliphatic carbocycles. The predicted octanol–water partition coefficient (Wildman–Crippen LogP) is 5.79. The molecule has 0 fully saturated rings. The number of aromatic nitrogens is 4. The van der Waals surface area contributed by atoms with E-state index in [1.54, 1.807) is 13.2 Å². The third kappa shape index (κ3) is 6.07. The molecule has 37 heavy (non-hydrogen) atoms. The molecule has 3 N–H and O–H groups in total. The summed E-state index contributed by atoms with van der Waals surface area (Å²) in [5, 5.41) is 12.1. The van der Waals surface area contributed by atoms with Gasteiger partial charge in [-0.25, -0.2) is 13.8 Å². The molecule has 0 aliphatic rings. The number of aryl methyl sites for hydroxylation is 1. The van der Waals surface area contributed by atoms with E-state index >= 15 is 0 Å². The summed E-state index contributed by atoms with van der Waals surface area (Å²) < 4.78 is 70.3. The second kappa shape index (κ2) is 10.0. The van der Waals surface area contributed by atoms with E-state index < -0.39 is 29.3 Å². The summed E-state index contributed by atoms with van der Waals surface area (Å²) in [6.45, 7) is 3.34. The normalized spacial score (nSPS) is 11.2. The Labute approximate surface area is 206 Å². The fourth-order valence-corrected chi connectivity index (χ4v) is 3.29. The number of nitrogens with zero attached hydrogens (tertiary/aromatic N) is 4. The Morgan fingerprint density at radius 1 is 1.05 bits per heavy atom. The lowest BCUT2D eigenvalue weighted by Gasteiger charge is -2.16. The fraction of sp³-hybridized carbons (Fsp3) is 0.0833. The van der Waals surface area contributed by atoms with Crippen LogP contribution in [0, 0.1) is 11.6 Å². The molecule has 8 nitrogen and oxygen atoms in total. The molecule has 1 amide bonds. The molecule has 190 valence electrons. The largest absolute Gasteiger partial charge is 0.416 e. The van der Waals surface area contributed by atoms with Gasteiger partial charge in [0.2, 0.25) is 11.9 Å². The predicted molar refractivity (Wildman–Crippen MR) is 127 cm³/mol. The second-order valence-electron chi connectivity index (χ2n) is 7.72. The lowest BCUT2D eigenvalue weighted by Crippen LogP contribution is -2.09. The minimum atomic E-state index is -4.81. The number of carbonyl (C=O) groups excluding carboxylic acids is 1. The van der Waals surface area contributed by atoms with Gasteiger partial charge in [-0.2, -0.15) is 23.3 Å². The van der Waals surface area contributed by atoms with E-state index in [0.717, 1.165) is 24.3 Å². The SMILES string of the molecule is C=CC(=O)Nc1ccc(F)c(Nc2nc(Nc3cnn(C)c3)ncc2-c2cc(F)cc(C(F)(F)F)c2)c1. The first-order chi connectivity index (χ1) is 17.5. The summed E-state index contributed by atoms with van der Waals surface area (Å²) in [5.74, 6) is -2.55. The van der Waals surface area contributed by atoms with Crippen molar-refractivity contribution in [3.63, 3.8) is 0 Å². The number of alkyl halides is 3. The van der Waals surface area contributed by atoms with E-state index in [9.17, 15) is 26.7 Å². The van der Waals surface area contributed by atoms with Crippen molar-refractivity contribution in [1.82, 2.24) is 19.7 Å². The van der Waals surface area contributed by atoms with E-state index in [4.69, 9.17) is 0 Å². The van der Waals surface area contributed by atoms with Gasteiger partial charge in [-0.15, -0.1) is 0 Å². The Balaban J connectivity index is 1.80. The molecule has 0 saturated heterocycles. The molecule has 0 spiro atoms. The molecule has 2 aromatic carbocycles. The number of amides is 1. The highest BCUT2D eigenvalue weighted by Gasteiger charge is 2.32. The third-order valence-electron chi connectivity index (χ3n) is 4.96. The average molecular weight is 515 g/mol. The van der Waals surface area contributed by atoms with Crippen molar-refractivity contribution in [3.8, 4) is 11.1 Å². The van der Waals surface area contributed by atoms with Crippen LogP contribution in [-0.4, -0.2) is 25.7 Å². The highest BCUT2D eigenvalue weighted by molar-refractivity contribution is 5.99. The topological polar surface area (TPSA) is 96.8 Å². The zero-order valence-corrected chi connectivity index (χ0v) is 19.1. The Morgan fingerprint density at radius 2 is 1.84 bits per heavy atom. The van der Waals surface area contributed by atoms with E-state index in [1.165, 1.54) is 29.2 Å². The van der Waals surface area contributed by atoms with Crippen LogP contribution >= 0.6 is 0 Å². The average Bonchev–Trinajstić information content (AvgIpc) is 3.24. The summed E-state index contributed by atoms with van der Waals surface area (Å²) in [7, 11) is 1.69. The number of nitrogens with one attached hydrogen (secondary N) is 3. The molecule has 4 aromatic rings. The van der Waals surface area contributed by atoms with Crippen LogP contribution in [0.3, 0.4) is 0 Å². The van der Waals surface area contributed by atoms with Gasteiger partial charge in [-0.05, 0) is 48.0 Å². The van der Waals surface area contributed by atoms with Gasteiger partial charge in [0.25, 0.3) is 0 Å². The second-order valence-corrected chi connectivity index (χ2v) is 7.72. The number of hydrogen-bond donors (Lipinski definition) is 3. The van der Waals surface area contributed by atoms with Crippen molar-refractivity contribution < 1.29 is 26.7 Å². The highest BCUT2D eigenvalue weighted by atomic mass is 19.4. The van der Waals surface area contributed by atoms with Gasteiger partial charge in [-0.1, -0.05) is 6.58 Å². The van der Waals surface area contributed by atoms with Crippen molar-refractivity contribution in [2.75, 3.05) is 16.0 Å². The van der Waals surface area contributed by atoms with Gasteiger partial charge < -0.3 is 16.0 Å². The Morgan fingerprint density at radius 3 is 2.51 bits per heavy atom. The number of benzene rings is 2. The van der Waals surface area contributed by atoms with Crippen molar-refractivity contribution in [3.05, 3.63) is 84.8 Å². The molecular weight excluding hydrogens is 497 g/mol. The van der Waals surface area contributed by atoms with Crippen molar-refractivity contribution in [2.24, 2.45) is 7.05 Å². The van der Waals surface area contributed by atoms with Crippen molar-refractivity contribution >= 4 is 34.7 Å². The maximum Gasteiger partial charge on any atom is 0.416 e. The highest BCUT2D eigenvalue weighted by Crippen LogP contribution is 2.36. The smallest absolute Gasteiger partial charge is 0.337 e. The van der Waals surface area contributed by atoms with Gasteiger partial charge in [0.1, 0.15) is 17.5 Å². The lowest BCUT2D eigenvalue weighted by molar-refractivity contribution is -0.137. The van der Waals surface area contributed by atoms with Gasteiger partial charge in [0, 0.05) is 30.7 Å². The molecule has 13 heteroatoms. The minimum absolute atomic E-state index is 0.00298. The molecular formula is C24H18F5N7O. The Kier molecular flexibility index (Phi) is 6.87. The monoisotopic (exact) mass is 515 g/mol. The number of rotatable bonds is 7. The Hall–Kier alpha value is -4.81. The summed E-state index contributed by atoms with van der Waals surface area (Å²) in [5.41, 5.74) is -0.899.